The summed E-state index contributed by atoms with van der Waals surface area (Å²) in [6.45, 7) is 7.89. The maximum absolute atomic E-state index is 4.61. The Kier molecular flexibility index (Phi) is 5.27. The largest absolute Gasteiger partial charge is 0.285 e. The number of fused-ring (bicyclic) bond motifs is 3. The van der Waals surface area contributed by atoms with Crippen molar-refractivity contribution in [1.29, 1.82) is 0 Å². The van der Waals surface area contributed by atoms with Gasteiger partial charge in [0, 0.05) is 40.2 Å². The Morgan fingerprint density at radius 3 is 1.94 bits per heavy atom. The van der Waals surface area contributed by atoms with Crippen LogP contribution < -0.4 is 0 Å². The van der Waals surface area contributed by atoms with Gasteiger partial charge in [0.25, 0.3) is 0 Å². The van der Waals surface area contributed by atoms with Gasteiger partial charge in [0.05, 0.1) is 30.0 Å². The van der Waals surface area contributed by atoms with Crippen molar-refractivity contribution in [3.63, 3.8) is 0 Å². The lowest BCUT2D eigenvalue weighted by Gasteiger charge is -1.99. The van der Waals surface area contributed by atoms with Crippen LogP contribution in [0.1, 0.15) is 33.6 Å². The van der Waals surface area contributed by atoms with E-state index in [9.17, 15) is 0 Å². The Hall–Kier alpha value is -5.17. The zero-order valence-electron chi connectivity index (χ0n) is 19.3. The molecule has 0 bridgehead atoms. The van der Waals surface area contributed by atoms with E-state index in [1.807, 2.05) is 67.3 Å². The first-order valence-electron chi connectivity index (χ1n) is 11.4. The molecule has 0 spiro atoms. The number of H-pyrrole nitrogens is 2. The van der Waals surface area contributed by atoms with Crippen molar-refractivity contribution in [3.8, 4) is 33.5 Å². The van der Waals surface area contributed by atoms with E-state index in [1.165, 1.54) is 0 Å². The second-order valence-electron chi connectivity index (χ2n) is 8.30. The Morgan fingerprint density at radius 1 is 0.667 bits per heavy atom. The summed E-state index contributed by atoms with van der Waals surface area (Å²) in [5, 5.41) is 22.7. The van der Waals surface area contributed by atoms with E-state index in [4.69, 9.17) is 0 Å². The van der Waals surface area contributed by atoms with Gasteiger partial charge in [-0.15, -0.1) is 10.2 Å². The van der Waals surface area contributed by atoms with Crippen LogP contribution in [-0.4, -0.2) is 35.6 Å². The monoisotopic (exact) mass is 467 g/mol. The molecule has 0 fully saturated rings. The maximum atomic E-state index is 4.61. The lowest BCUT2D eigenvalue weighted by atomic mass is 10.1. The van der Waals surface area contributed by atoms with Crippen LogP contribution in [0.15, 0.2) is 68.4 Å². The van der Waals surface area contributed by atoms with Gasteiger partial charge >= 0.3 is 0 Å². The van der Waals surface area contributed by atoms with Crippen LogP contribution in [0.3, 0.4) is 0 Å². The van der Waals surface area contributed by atoms with Crippen molar-refractivity contribution in [2.75, 3.05) is 0 Å². The summed E-state index contributed by atoms with van der Waals surface area (Å²) in [6, 6.07) is 8.13. The van der Waals surface area contributed by atoms with Crippen molar-refractivity contribution in [2.45, 2.75) is 0 Å². The van der Waals surface area contributed by atoms with Gasteiger partial charge in [-0.3, -0.25) is 15.2 Å². The highest BCUT2D eigenvalue weighted by molar-refractivity contribution is 5.90. The molecule has 2 aliphatic carbocycles. The predicted molar refractivity (Wildman–Crippen MR) is 145 cm³/mol. The molecule has 0 saturated carbocycles. The second-order valence-corrected chi connectivity index (χ2v) is 8.30. The highest BCUT2D eigenvalue weighted by Gasteiger charge is 2.15. The lowest BCUT2D eigenvalue weighted by molar-refractivity contribution is 1.03. The third kappa shape index (κ3) is 3.69. The topological polar surface area (TPSA) is 96.0 Å². The smallest absolute Gasteiger partial charge is 0.113 e. The van der Waals surface area contributed by atoms with Crippen LogP contribution in [0.2, 0.25) is 0 Å². The summed E-state index contributed by atoms with van der Waals surface area (Å²) in [5.74, 6) is 0. The van der Waals surface area contributed by atoms with E-state index in [2.05, 4.69) is 66.9 Å². The van der Waals surface area contributed by atoms with Crippen molar-refractivity contribution in [1.82, 2.24) is 35.6 Å². The van der Waals surface area contributed by atoms with Crippen LogP contribution in [0, 0.1) is 0 Å². The Bertz CT molecular complexity index is 1680. The van der Waals surface area contributed by atoms with E-state index >= 15 is 0 Å². The van der Waals surface area contributed by atoms with Crippen molar-refractivity contribution in [3.05, 3.63) is 102 Å². The fraction of sp³-hybridized carbons (Fsp3) is 0. The molecule has 7 nitrogen and oxygen atoms in total. The van der Waals surface area contributed by atoms with E-state index < -0.39 is 0 Å². The zero-order valence-corrected chi connectivity index (χ0v) is 19.3. The van der Waals surface area contributed by atoms with Crippen LogP contribution in [0.5, 0.6) is 0 Å². The molecule has 6 rings (SSSR count). The van der Waals surface area contributed by atoms with E-state index in [0.717, 1.165) is 67.2 Å². The van der Waals surface area contributed by atoms with Gasteiger partial charge in [-0.2, -0.15) is 10.2 Å². The SMILES string of the molecule is C=Cc1cc2cn[nH]cc-2c1/C=C/c1ccc2c(/C=C/c3c(C=C)cc4cn[nH]cc3-4)nnc-2cn1. The van der Waals surface area contributed by atoms with Crippen LogP contribution in [0.25, 0.3) is 70.0 Å². The molecule has 0 aromatic carbocycles. The number of nitrogens with one attached hydrogen (secondary N) is 2. The number of aromatic nitrogens is 7. The first kappa shape index (κ1) is 21.4. The third-order valence-electron chi connectivity index (χ3n) is 6.26. The first-order valence-corrected chi connectivity index (χ1v) is 11.4. The second kappa shape index (κ2) is 8.88. The van der Waals surface area contributed by atoms with Gasteiger partial charge in [-0.05, 0) is 58.7 Å². The molecule has 0 saturated heterocycles. The Balaban J connectivity index is 1.33. The quantitative estimate of drug-likeness (QED) is 0.301. The minimum Gasteiger partial charge on any atom is -0.285 e. The van der Waals surface area contributed by atoms with Gasteiger partial charge in [0.1, 0.15) is 5.69 Å². The predicted octanol–water partition coefficient (Wildman–Crippen LogP) is 6.26. The minimum absolute atomic E-state index is 0.731. The van der Waals surface area contributed by atoms with E-state index in [1.54, 1.807) is 6.20 Å². The third-order valence-corrected chi connectivity index (χ3v) is 6.26. The lowest BCUT2D eigenvalue weighted by Crippen LogP contribution is -1.83. The summed E-state index contributed by atoms with van der Waals surface area (Å²) < 4.78 is 0. The van der Waals surface area contributed by atoms with Crippen LogP contribution in [0.4, 0.5) is 0 Å². The minimum atomic E-state index is 0.731. The Labute approximate surface area is 207 Å². The van der Waals surface area contributed by atoms with Gasteiger partial charge in [-0.25, -0.2) is 0 Å². The van der Waals surface area contributed by atoms with Crippen molar-refractivity contribution >= 4 is 36.5 Å². The maximum Gasteiger partial charge on any atom is 0.113 e. The van der Waals surface area contributed by atoms with Gasteiger partial charge < -0.3 is 0 Å². The van der Waals surface area contributed by atoms with E-state index in [0.29, 0.717) is 0 Å². The summed E-state index contributed by atoms with van der Waals surface area (Å²) in [5.41, 5.74) is 11.7. The molecule has 0 aromatic heterocycles. The number of hydrogen-bond acceptors (Lipinski definition) is 5. The number of rotatable bonds is 6. The molecule has 36 heavy (non-hydrogen) atoms. The van der Waals surface area contributed by atoms with Crippen LogP contribution in [-0.2, 0) is 0 Å². The molecule has 0 amide bonds. The average molecular weight is 468 g/mol. The molecule has 172 valence electrons. The number of nitrogens with zero attached hydrogens (tertiary/aromatic N) is 5. The molecule has 0 unspecified atom stereocenters. The summed E-state index contributed by atoms with van der Waals surface area (Å²) >= 11 is 0. The molecular weight excluding hydrogens is 446 g/mol. The summed E-state index contributed by atoms with van der Waals surface area (Å²) in [6.07, 6.45) is 20.9. The fourth-order valence-corrected chi connectivity index (χ4v) is 4.44. The van der Waals surface area contributed by atoms with Gasteiger partial charge in [0.2, 0.25) is 0 Å². The van der Waals surface area contributed by atoms with Crippen LogP contribution >= 0.6 is 0 Å². The number of aromatic amines is 2. The average Bonchev–Trinajstić information content (AvgIpc) is 3.55. The van der Waals surface area contributed by atoms with Crippen molar-refractivity contribution in [2.24, 2.45) is 0 Å². The highest BCUT2D eigenvalue weighted by Crippen LogP contribution is 2.34. The molecule has 6 aliphatic rings. The molecule has 0 radical (unpaired) electrons. The highest BCUT2D eigenvalue weighted by atomic mass is 15.1. The Morgan fingerprint density at radius 2 is 1.31 bits per heavy atom. The molecule has 2 N–H and O–H groups in total. The van der Waals surface area contributed by atoms with Gasteiger partial charge in [-0.1, -0.05) is 37.5 Å². The normalized spacial score (nSPS) is 11.9. The van der Waals surface area contributed by atoms with E-state index in [-0.39, 0.29) is 0 Å². The summed E-state index contributed by atoms with van der Waals surface area (Å²) in [7, 11) is 0. The summed E-state index contributed by atoms with van der Waals surface area (Å²) in [4.78, 5) is 4.61. The molecule has 4 aliphatic heterocycles. The molecule has 7 heteroatoms. The van der Waals surface area contributed by atoms with Gasteiger partial charge in [0.15, 0.2) is 0 Å². The molecule has 0 aromatic rings. The molecular formula is C29H21N7. The standard InChI is InChI=1S/C29H21N7/c1-3-18-11-20-13-31-33-15-26(20)23(18)7-5-22-6-8-25-28(35-36-29(25)17-30-22)10-9-24-19(4-2)12-21-14-32-34-16-27(21)24/h3-17,33-34H,1-2H2/b7-5+,10-9+. The van der Waals surface area contributed by atoms with Crippen molar-refractivity contribution < 1.29 is 0 Å². The molecule has 4 heterocycles. The molecule has 0 atom stereocenters. The first-order chi connectivity index (χ1) is 17.7. The fourth-order valence-electron chi connectivity index (χ4n) is 4.44. The zero-order chi connectivity index (χ0) is 24.5. The number of hydrogen-bond donors (Lipinski definition) is 2.